The number of carbonyl (C=O) groups excluding carboxylic acids is 1. The van der Waals surface area contributed by atoms with E-state index in [-0.39, 0.29) is 17.3 Å². The highest BCUT2D eigenvalue weighted by Crippen LogP contribution is 2.67. The van der Waals surface area contributed by atoms with E-state index in [9.17, 15) is 27.1 Å². The number of ether oxygens (including phenoxy) is 1. The lowest BCUT2D eigenvalue weighted by Crippen LogP contribution is -2.61. The molecule has 0 saturated heterocycles. The van der Waals surface area contributed by atoms with Crippen molar-refractivity contribution >= 4 is 16.1 Å². The molecule has 0 amide bonds. The third-order valence-electron chi connectivity index (χ3n) is 8.07. The number of halogens is 2. The van der Waals surface area contributed by atoms with Gasteiger partial charge in [0.1, 0.15) is 0 Å². The second kappa shape index (κ2) is 6.35. The maximum absolute atomic E-state index is 13.8. The number of hydrogen-bond donors (Lipinski definition) is 2. The number of hydrogen-bond acceptors (Lipinski definition) is 5. The lowest BCUT2D eigenvalue weighted by molar-refractivity contribution is -0.209. The molecule has 4 bridgehead atoms. The molecule has 6 nitrogen and oxygen atoms in total. The first kappa shape index (κ1) is 20.5. The minimum Gasteiger partial charge on any atom is -0.455 e. The van der Waals surface area contributed by atoms with E-state index < -0.39 is 39.0 Å². The molecule has 5 aliphatic carbocycles. The molecule has 0 radical (unpaired) electrons. The molecule has 0 heterocycles. The van der Waals surface area contributed by atoms with E-state index in [1.165, 1.54) is 0 Å². The van der Waals surface area contributed by atoms with E-state index in [0.29, 0.717) is 18.8 Å². The monoisotopic (exact) mass is 422 g/mol. The first-order chi connectivity index (χ1) is 12.9. The smallest absolute Gasteiger partial charge is 0.405 e. The van der Waals surface area contributed by atoms with E-state index in [2.05, 4.69) is 0 Å². The second-order valence-corrected chi connectivity index (χ2v) is 11.1. The molecular weight excluding hydrogens is 394 g/mol. The Morgan fingerprint density at radius 1 is 1.14 bits per heavy atom. The fourth-order valence-electron chi connectivity index (χ4n) is 7.00. The van der Waals surface area contributed by atoms with E-state index in [1.54, 1.807) is 0 Å². The van der Waals surface area contributed by atoms with Crippen LogP contribution in [0.25, 0.3) is 0 Å². The topological polar surface area (TPSA) is 101 Å². The second-order valence-electron chi connectivity index (χ2n) is 9.63. The fourth-order valence-corrected chi connectivity index (χ4v) is 7.47. The summed E-state index contributed by atoms with van der Waals surface area (Å²) in [6, 6.07) is 0. The lowest BCUT2D eigenvalue weighted by atomic mass is 9.42. The molecule has 0 aromatic heterocycles. The van der Waals surface area contributed by atoms with Gasteiger partial charge < -0.3 is 9.84 Å². The Bertz CT molecular complexity index is 744. The van der Waals surface area contributed by atoms with E-state index in [1.807, 2.05) is 0 Å². The first-order valence-corrected chi connectivity index (χ1v) is 11.6. The molecule has 3 atom stereocenters. The Labute approximate surface area is 163 Å². The van der Waals surface area contributed by atoms with Gasteiger partial charge >= 0.3 is 21.3 Å². The molecule has 5 rings (SSSR count). The van der Waals surface area contributed by atoms with Crippen molar-refractivity contribution in [3.8, 4) is 0 Å². The average molecular weight is 422 g/mol. The van der Waals surface area contributed by atoms with Gasteiger partial charge in [-0.25, -0.2) is 0 Å². The van der Waals surface area contributed by atoms with Crippen molar-refractivity contribution < 1.29 is 36.4 Å². The molecule has 0 aromatic rings. The Balaban J connectivity index is 1.52. The highest BCUT2D eigenvalue weighted by molar-refractivity contribution is 7.86. The Kier molecular flexibility index (Phi) is 4.64. The summed E-state index contributed by atoms with van der Waals surface area (Å²) in [5.41, 5.74) is -0.885. The predicted molar refractivity (Wildman–Crippen MR) is 94.9 cm³/mol. The van der Waals surface area contributed by atoms with Crippen LogP contribution in [0, 0.1) is 29.1 Å². The molecule has 0 spiro atoms. The molecule has 160 valence electrons. The molecule has 2 N–H and O–H groups in total. The summed E-state index contributed by atoms with van der Waals surface area (Å²) in [4.78, 5) is 12.7. The molecule has 0 aliphatic heterocycles. The van der Waals surface area contributed by atoms with Gasteiger partial charge in [-0.3, -0.25) is 9.35 Å². The lowest BCUT2D eigenvalue weighted by Gasteiger charge is -2.63. The third kappa shape index (κ3) is 2.91. The molecule has 9 heteroatoms. The average Bonchev–Trinajstić information content (AvgIpc) is 3.01. The van der Waals surface area contributed by atoms with Crippen LogP contribution in [-0.4, -0.2) is 41.0 Å². The molecule has 5 saturated carbocycles. The van der Waals surface area contributed by atoms with Gasteiger partial charge in [0.05, 0.1) is 11.5 Å². The van der Waals surface area contributed by atoms with Crippen molar-refractivity contribution in [1.29, 1.82) is 0 Å². The van der Waals surface area contributed by atoms with Gasteiger partial charge in [-0.2, -0.15) is 17.2 Å². The molecule has 5 fully saturated rings. The number of esters is 1. The van der Waals surface area contributed by atoms with Crippen molar-refractivity contribution in [2.75, 3.05) is 0 Å². The van der Waals surface area contributed by atoms with Gasteiger partial charge in [-0.1, -0.05) is 12.8 Å². The quantitative estimate of drug-likeness (QED) is 0.521. The normalized spacial score (nSPS) is 40.5. The van der Waals surface area contributed by atoms with Crippen LogP contribution in [0.4, 0.5) is 8.78 Å². The van der Waals surface area contributed by atoms with Crippen molar-refractivity contribution in [2.24, 2.45) is 29.1 Å². The van der Waals surface area contributed by atoms with E-state index in [0.717, 1.165) is 51.9 Å². The van der Waals surface area contributed by atoms with Crippen LogP contribution in [0.5, 0.6) is 0 Å². The SMILES string of the molecule is CC(OC(=O)C1C2CC3CC1CC(C1(O)CCCC1)(C3)C2)C(F)(F)S(=O)(=O)O. The fraction of sp³-hybridized carbons (Fsp3) is 0.947. The van der Waals surface area contributed by atoms with Gasteiger partial charge in [0.15, 0.2) is 6.10 Å². The molecule has 5 aliphatic rings. The minimum atomic E-state index is -5.67. The van der Waals surface area contributed by atoms with Gasteiger partial charge in [-0.15, -0.1) is 0 Å². The summed E-state index contributed by atoms with van der Waals surface area (Å²) >= 11 is 0. The first-order valence-electron chi connectivity index (χ1n) is 10.2. The predicted octanol–water partition coefficient (Wildman–Crippen LogP) is 3.15. The number of rotatable bonds is 5. The van der Waals surface area contributed by atoms with Crippen LogP contribution in [-0.2, 0) is 19.6 Å². The van der Waals surface area contributed by atoms with Crippen molar-refractivity contribution in [3.63, 3.8) is 0 Å². The minimum absolute atomic E-state index is 0.0325. The van der Waals surface area contributed by atoms with E-state index >= 15 is 0 Å². The maximum atomic E-state index is 13.8. The van der Waals surface area contributed by atoms with Crippen LogP contribution >= 0.6 is 0 Å². The van der Waals surface area contributed by atoms with Crippen LogP contribution < -0.4 is 0 Å². The zero-order valence-electron chi connectivity index (χ0n) is 15.9. The van der Waals surface area contributed by atoms with Crippen LogP contribution in [0.1, 0.15) is 64.7 Å². The van der Waals surface area contributed by atoms with Crippen LogP contribution in [0.3, 0.4) is 0 Å². The summed E-state index contributed by atoms with van der Waals surface area (Å²) in [5, 5.41) is 6.77. The summed E-state index contributed by atoms with van der Waals surface area (Å²) in [6.45, 7) is 0.782. The third-order valence-corrected chi connectivity index (χ3v) is 9.09. The Morgan fingerprint density at radius 2 is 1.68 bits per heavy atom. The standard InChI is InChI=1S/C19H28F2O6S/c1-11(19(20,21)28(24,25)26)27-16(22)15-13-6-12-7-14(15)10-17(8-12,9-13)18(23)4-2-3-5-18/h11-15,23H,2-10H2,1H3,(H,24,25,26). The van der Waals surface area contributed by atoms with Gasteiger partial charge in [0, 0.05) is 0 Å². The molecular formula is C19H28F2O6S. The van der Waals surface area contributed by atoms with Gasteiger partial charge in [-0.05, 0) is 75.0 Å². The van der Waals surface area contributed by atoms with Gasteiger partial charge in [0.2, 0.25) is 0 Å². The van der Waals surface area contributed by atoms with Crippen LogP contribution in [0.15, 0.2) is 0 Å². The van der Waals surface area contributed by atoms with Crippen LogP contribution in [0.2, 0.25) is 0 Å². The van der Waals surface area contributed by atoms with E-state index in [4.69, 9.17) is 9.29 Å². The van der Waals surface area contributed by atoms with Crippen molar-refractivity contribution in [1.82, 2.24) is 0 Å². The molecule has 3 unspecified atom stereocenters. The highest BCUT2D eigenvalue weighted by atomic mass is 32.2. The van der Waals surface area contributed by atoms with Gasteiger partial charge in [0.25, 0.3) is 0 Å². The Hall–Kier alpha value is -0.800. The molecule has 28 heavy (non-hydrogen) atoms. The van der Waals surface area contributed by atoms with Crippen molar-refractivity contribution in [2.45, 2.75) is 81.7 Å². The number of aliphatic hydroxyl groups is 1. The number of carbonyl (C=O) groups is 1. The maximum Gasteiger partial charge on any atom is 0.405 e. The number of alkyl halides is 2. The zero-order chi connectivity index (χ0) is 20.5. The zero-order valence-corrected chi connectivity index (χ0v) is 16.8. The molecule has 0 aromatic carbocycles. The summed E-state index contributed by atoms with van der Waals surface area (Å²) < 4.78 is 63.0. The summed E-state index contributed by atoms with van der Waals surface area (Å²) in [6.07, 6.45) is 5.30. The summed E-state index contributed by atoms with van der Waals surface area (Å²) in [7, 11) is -5.67. The largest absolute Gasteiger partial charge is 0.455 e. The Morgan fingerprint density at radius 3 is 2.18 bits per heavy atom. The highest BCUT2D eigenvalue weighted by Gasteiger charge is 2.64. The summed E-state index contributed by atoms with van der Waals surface area (Å²) in [5.74, 6) is -0.986. The van der Waals surface area contributed by atoms with Crippen molar-refractivity contribution in [3.05, 3.63) is 0 Å².